The zero-order valence-electron chi connectivity index (χ0n) is 14.3. The molecule has 0 spiro atoms. The Bertz CT molecular complexity index is 805. The number of aromatic nitrogens is 2. The molecule has 1 aromatic carbocycles. The Labute approximate surface area is 140 Å². The molecule has 2 heterocycles. The zero-order chi connectivity index (χ0) is 17.6. The van der Waals surface area contributed by atoms with Crippen LogP contribution in [-0.2, 0) is 10.4 Å². The van der Waals surface area contributed by atoms with Crippen LogP contribution in [0.5, 0.6) is 0 Å². The van der Waals surface area contributed by atoms with Gasteiger partial charge < -0.3 is 10.0 Å². The molecule has 24 heavy (non-hydrogen) atoms. The topological polar surface area (TPSA) is 86.3 Å². The van der Waals surface area contributed by atoms with Crippen molar-refractivity contribution in [3.8, 4) is 0 Å². The van der Waals surface area contributed by atoms with E-state index in [0.29, 0.717) is 28.2 Å². The van der Waals surface area contributed by atoms with Crippen LogP contribution in [0.15, 0.2) is 24.3 Å². The highest BCUT2D eigenvalue weighted by molar-refractivity contribution is 6.11. The van der Waals surface area contributed by atoms with E-state index in [9.17, 15) is 14.7 Å². The minimum atomic E-state index is -1.84. The summed E-state index contributed by atoms with van der Waals surface area (Å²) in [6, 6.07) is 6.97. The summed E-state index contributed by atoms with van der Waals surface area (Å²) < 4.78 is 0. The number of nitrogens with one attached hydrogen (secondary N) is 1. The summed E-state index contributed by atoms with van der Waals surface area (Å²) in [5.41, 5.74) is 0.954. The molecule has 6 nitrogen and oxygen atoms in total. The Morgan fingerprint density at radius 1 is 1.33 bits per heavy atom. The predicted molar refractivity (Wildman–Crippen MR) is 90.0 cm³/mol. The van der Waals surface area contributed by atoms with Gasteiger partial charge in [-0.3, -0.25) is 14.7 Å². The summed E-state index contributed by atoms with van der Waals surface area (Å²) in [5.74, 6) is -0.749. The SMILES string of the molecule is Cc1n[nH]c(C)c1C(=O)C[C@@]1(O)C(=O)N(C(C)C)c2ccccc21. The van der Waals surface area contributed by atoms with Crippen LogP contribution in [0.2, 0.25) is 0 Å². The molecule has 1 aliphatic rings. The van der Waals surface area contributed by atoms with Gasteiger partial charge in [-0.25, -0.2) is 0 Å². The third-order valence-corrected chi connectivity index (χ3v) is 4.52. The van der Waals surface area contributed by atoms with E-state index in [2.05, 4.69) is 10.2 Å². The van der Waals surface area contributed by atoms with Crippen molar-refractivity contribution in [1.82, 2.24) is 10.2 Å². The normalized spacial score (nSPS) is 19.9. The lowest BCUT2D eigenvalue weighted by Gasteiger charge is -2.25. The number of para-hydroxylation sites is 1. The summed E-state index contributed by atoms with van der Waals surface area (Å²) in [4.78, 5) is 27.2. The Morgan fingerprint density at radius 2 is 2.00 bits per heavy atom. The smallest absolute Gasteiger partial charge is 0.264 e. The van der Waals surface area contributed by atoms with Gasteiger partial charge in [-0.1, -0.05) is 18.2 Å². The van der Waals surface area contributed by atoms with E-state index in [1.165, 1.54) is 0 Å². The standard InChI is InChI=1S/C18H21N3O3/c1-10(2)21-14-8-6-5-7-13(14)18(24,17(21)23)9-15(22)16-11(3)19-20-12(16)4/h5-8,10,24H,9H2,1-4H3,(H,19,20)/t18-/m0/s1. The molecule has 0 radical (unpaired) electrons. The van der Waals surface area contributed by atoms with Crippen molar-refractivity contribution >= 4 is 17.4 Å². The van der Waals surface area contributed by atoms with Gasteiger partial charge in [-0.15, -0.1) is 0 Å². The van der Waals surface area contributed by atoms with Crippen molar-refractivity contribution in [3.63, 3.8) is 0 Å². The average molecular weight is 327 g/mol. The van der Waals surface area contributed by atoms with Crippen LogP contribution in [0, 0.1) is 13.8 Å². The van der Waals surface area contributed by atoms with Crippen LogP contribution >= 0.6 is 0 Å². The highest BCUT2D eigenvalue weighted by Gasteiger charge is 2.51. The monoisotopic (exact) mass is 327 g/mol. The molecule has 2 aromatic rings. The van der Waals surface area contributed by atoms with E-state index in [-0.39, 0.29) is 18.2 Å². The van der Waals surface area contributed by atoms with E-state index in [1.54, 1.807) is 36.9 Å². The van der Waals surface area contributed by atoms with Gasteiger partial charge in [0.1, 0.15) is 0 Å². The maximum absolute atomic E-state index is 12.9. The van der Waals surface area contributed by atoms with Crippen molar-refractivity contribution in [2.45, 2.75) is 45.8 Å². The number of Topliss-reactive ketones (excluding diaryl/α,β-unsaturated/α-hetero) is 1. The summed E-state index contributed by atoms with van der Waals surface area (Å²) in [6.07, 6.45) is -0.298. The number of carbonyl (C=O) groups is 2. The number of hydrogen-bond donors (Lipinski definition) is 2. The molecule has 0 unspecified atom stereocenters. The fourth-order valence-corrected chi connectivity index (χ4v) is 3.42. The van der Waals surface area contributed by atoms with E-state index >= 15 is 0 Å². The Kier molecular flexibility index (Phi) is 3.80. The minimum Gasteiger partial charge on any atom is -0.375 e. The Hall–Kier alpha value is -2.47. The molecule has 0 saturated heterocycles. The van der Waals surface area contributed by atoms with Gasteiger partial charge in [0.25, 0.3) is 5.91 Å². The highest BCUT2D eigenvalue weighted by atomic mass is 16.3. The van der Waals surface area contributed by atoms with Gasteiger partial charge in [0.05, 0.1) is 23.4 Å². The van der Waals surface area contributed by atoms with Crippen LogP contribution in [0.3, 0.4) is 0 Å². The number of fused-ring (bicyclic) bond motifs is 1. The van der Waals surface area contributed by atoms with Crippen molar-refractivity contribution < 1.29 is 14.7 Å². The molecule has 2 N–H and O–H groups in total. The number of benzene rings is 1. The summed E-state index contributed by atoms with van der Waals surface area (Å²) >= 11 is 0. The lowest BCUT2D eigenvalue weighted by Crippen LogP contribution is -2.44. The molecule has 0 saturated carbocycles. The molecule has 1 aromatic heterocycles. The number of H-pyrrole nitrogens is 1. The van der Waals surface area contributed by atoms with Crippen molar-refractivity contribution in [2.24, 2.45) is 0 Å². The maximum atomic E-state index is 12.9. The van der Waals surface area contributed by atoms with Gasteiger partial charge in [0, 0.05) is 17.3 Å². The van der Waals surface area contributed by atoms with Crippen molar-refractivity contribution in [2.75, 3.05) is 4.90 Å². The van der Waals surface area contributed by atoms with E-state index in [4.69, 9.17) is 0 Å². The molecule has 1 aliphatic heterocycles. The molecule has 1 amide bonds. The summed E-state index contributed by atoms with van der Waals surface area (Å²) in [5, 5.41) is 17.9. The van der Waals surface area contributed by atoms with E-state index in [0.717, 1.165) is 0 Å². The molecular weight excluding hydrogens is 306 g/mol. The second-order valence-electron chi connectivity index (χ2n) is 6.56. The minimum absolute atomic E-state index is 0.111. The quantitative estimate of drug-likeness (QED) is 0.843. The fraction of sp³-hybridized carbons (Fsp3) is 0.389. The largest absolute Gasteiger partial charge is 0.375 e. The molecular formula is C18H21N3O3. The van der Waals surface area contributed by atoms with Gasteiger partial charge in [0.15, 0.2) is 11.4 Å². The molecule has 0 bridgehead atoms. The van der Waals surface area contributed by atoms with Gasteiger partial charge in [0.2, 0.25) is 0 Å². The van der Waals surface area contributed by atoms with Crippen LogP contribution in [-0.4, -0.2) is 33.0 Å². The first-order valence-electron chi connectivity index (χ1n) is 7.97. The third kappa shape index (κ3) is 2.26. The predicted octanol–water partition coefficient (Wildman–Crippen LogP) is 2.24. The van der Waals surface area contributed by atoms with Crippen molar-refractivity contribution in [1.29, 1.82) is 0 Å². The van der Waals surface area contributed by atoms with Gasteiger partial charge >= 0.3 is 0 Å². The number of nitrogens with zero attached hydrogens (tertiary/aromatic N) is 2. The number of aryl methyl sites for hydroxylation is 2. The Morgan fingerprint density at radius 3 is 2.58 bits per heavy atom. The maximum Gasteiger partial charge on any atom is 0.264 e. The van der Waals surface area contributed by atoms with Crippen LogP contribution in [0.25, 0.3) is 0 Å². The lowest BCUT2D eigenvalue weighted by molar-refractivity contribution is -0.136. The second-order valence-corrected chi connectivity index (χ2v) is 6.56. The van der Waals surface area contributed by atoms with Crippen LogP contribution in [0.4, 0.5) is 5.69 Å². The molecule has 3 rings (SSSR count). The van der Waals surface area contributed by atoms with E-state index < -0.39 is 11.5 Å². The second kappa shape index (κ2) is 5.56. The number of aliphatic hydroxyl groups is 1. The molecule has 0 fully saturated rings. The number of hydrogen-bond acceptors (Lipinski definition) is 4. The number of anilines is 1. The fourth-order valence-electron chi connectivity index (χ4n) is 3.42. The zero-order valence-corrected chi connectivity index (χ0v) is 14.3. The molecule has 126 valence electrons. The number of rotatable bonds is 4. The van der Waals surface area contributed by atoms with Gasteiger partial charge in [-0.2, -0.15) is 5.10 Å². The van der Waals surface area contributed by atoms with Gasteiger partial charge in [-0.05, 0) is 33.8 Å². The first-order chi connectivity index (χ1) is 11.3. The number of carbonyl (C=O) groups excluding carboxylic acids is 2. The molecule has 6 heteroatoms. The number of amides is 1. The van der Waals surface area contributed by atoms with Crippen molar-refractivity contribution in [3.05, 3.63) is 46.8 Å². The number of ketones is 1. The molecule has 0 aliphatic carbocycles. The lowest BCUT2D eigenvalue weighted by atomic mass is 9.87. The number of aromatic amines is 1. The first kappa shape index (κ1) is 16.4. The summed E-state index contributed by atoms with van der Waals surface area (Å²) in [6.45, 7) is 7.24. The molecule has 1 atom stereocenters. The highest BCUT2D eigenvalue weighted by Crippen LogP contribution is 2.43. The van der Waals surface area contributed by atoms with E-state index in [1.807, 2.05) is 19.9 Å². The van der Waals surface area contributed by atoms with Crippen LogP contribution in [0.1, 0.15) is 47.6 Å². The Balaban J connectivity index is 2.04. The summed E-state index contributed by atoms with van der Waals surface area (Å²) in [7, 11) is 0. The van der Waals surface area contributed by atoms with Crippen LogP contribution < -0.4 is 4.90 Å². The third-order valence-electron chi connectivity index (χ3n) is 4.52. The average Bonchev–Trinajstić information content (AvgIpc) is 2.96. The first-order valence-corrected chi connectivity index (χ1v) is 7.97.